The minimum Gasteiger partial charge on any atom is -0.508 e. The van der Waals surface area contributed by atoms with E-state index in [1.54, 1.807) is 18.3 Å². The van der Waals surface area contributed by atoms with Crippen LogP contribution in [0.3, 0.4) is 0 Å². The van der Waals surface area contributed by atoms with E-state index in [4.69, 9.17) is 14.7 Å². The summed E-state index contributed by atoms with van der Waals surface area (Å²) in [5, 5.41) is 22.7. The van der Waals surface area contributed by atoms with Gasteiger partial charge in [-0.25, -0.2) is 9.97 Å². The smallest absolute Gasteiger partial charge is 0.228 e. The SMILES string of the molecule is CC(CO)Nc1cc(N2CCc3c(-c4cccc(O)c4)nc(N4CCOCC4)nc32)ccn1. The zero-order valence-corrected chi connectivity index (χ0v) is 18.6. The molecule has 2 aromatic heterocycles. The third-order valence-corrected chi connectivity index (χ3v) is 5.95. The molecule has 4 heterocycles. The number of nitrogens with zero attached hydrogens (tertiary/aromatic N) is 5. The van der Waals surface area contributed by atoms with Crippen LogP contribution in [0.2, 0.25) is 0 Å². The molecule has 9 heteroatoms. The fraction of sp³-hybridized carbons (Fsp3) is 0.375. The van der Waals surface area contributed by atoms with Gasteiger partial charge in [-0.2, -0.15) is 4.98 Å². The standard InChI is InChI=1S/C24H28N6O3/c1-16(15-31)26-21-14-18(5-7-25-21)30-8-6-20-22(17-3-2-4-19(32)13-17)27-24(28-23(20)30)29-9-11-33-12-10-29/h2-5,7,13-14,16,31-32H,6,8-12,15H2,1H3,(H,25,26). The molecule has 1 fully saturated rings. The number of aromatic hydroxyl groups is 1. The van der Waals surface area contributed by atoms with Crippen molar-refractivity contribution in [3.8, 4) is 17.0 Å². The second-order valence-electron chi connectivity index (χ2n) is 8.35. The van der Waals surface area contributed by atoms with Crippen molar-refractivity contribution in [2.24, 2.45) is 0 Å². The van der Waals surface area contributed by atoms with Crippen LogP contribution in [0.5, 0.6) is 5.75 Å². The summed E-state index contributed by atoms with van der Waals surface area (Å²) in [5.74, 6) is 2.46. The van der Waals surface area contributed by atoms with Gasteiger partial charge in [-0.05, 0) is 31.5 Å². The number of nitrogens with one attached hydrogen (secondary N) is 1. The molecule has 0 aliphatic carbocycles. The number of anilines is 4. The fourth-order valence-corrected chi connectivity index (χ4v) is 4.26. The highest BCUT2D eigenvalue weighted by molar-refractivity contribution is 5.78. The third kappa shape index (κ3) is 4.42. The lowest BCUT2D eigenvalue weighted by atomic mass is 10.1. The molecule has 0 spiro atoms. The van der Waals surface area contributed by atoms with Gasteiger partial charge in [-0.15, -0.1) is 0 Å². The van der Waals surface area contributed by atoms with E-state index in [1.165, 1.54) is 0 Å². The van der Waals surface area contributed by atoms with Gasteiger partial charge in [0.05, 0.1) is 25.5 Å². The predicted molar refractivity (Wildman–Crippen MR) is 127 cm³/mol. The van der Waals surface area contributed by atoms with Gasteiger partial charge in [0, 0.05) is 54.8 Å². The maximum atomic E-state index is 10.1. The lowest BCUT2D eigenvalue weighted by Gasteiger charge is -2.28. The van der Waals surface area contributed by atoms with E-state index in [-0.39, 0.29) is 18.4 Å². The maximum Gasteiger partial charge on any atom is 0.228 e. The average Bonchev–Trinajstić information content (AvgIpc) is 3.28. The van der Waals surface area contributed by atoms with Gasteiger partial charge in [0.1, 0.15) is 17.4 Å². The van der Waals surface area contributed by atoms with Crippen LogP contribution >= 0.6 is 0 Å². The lowest BCUT2D eigenvalue weighted by molar-refractivity contribution is 0.122. The molecular formula is C24H28N6O3. The molecular weight excluding hydrogens is 420 g/mol. The molecule has 0 bridgehead atoms. The molecule has 0 radical (unpaired) electrons. The van der Waals surface area contributed by atoms with Crippen molar-refractivity contribution < 1.29 is 14.9 Å². The van der Waals surface area contributed by atoms with Crippen LogP contribution in [-0.4, -0.2) is 70.7 Å². The summed E-state index contributed by atoms with van der Waals surface area (Å²) in [6, 6.07) is 11.1. The number of fused-ring (bicyclic) bond motifs is 1. The van der Waals surface area contributed by atoms with Crippen LogP contribution in [0.4, 0.5) is 23.3 Å². The molecule has 2 aliphatic rings. The summed E-state index contributed by atoms with van der Waals surface area (Å²) in [7, 11) is 0. The van der Waals surface area contributed by atoms with Crippen molar-refractivity contribution in [1.29, 1.82) is 0 Å². The highest BCUT2D eigenvalue weighted by Gasteiger charge is 2.29. The number of ether oxygens (including phenoxy) is 1. The number of aliphatic hydroxyl groups is 1. The molecule has 33 heavy (non-hydrogen) atoms. The Bertz CT molecular complexity index is 1130. The minimum absolute atomic E-state index is 0.0296. The Morgan fingerprint density at radius 1 is 1.12 bits per heavy atom. The topological polar surface area (TPSA) is 107 Å². The number of aliphatic hydroxyl groups excluding tert-OH is 1. The summed E-state index contributed by atoms with van der Waals surface area (Å²) in [6.07, 6.45) is 2.56. The average molecular weight is 449 g/mol. The first-order valence-corrected chi connectivity index (χ1v) is 11.3. The summed E-state index contributed by atoms with van der Waals surface area (Å²) < 4.78 is 5.52. The number of rotatable bonds is 6. The van der Waals surface area contributed by atoms with Crippen molar-refractivity contribution in [3.63, 3.8) is 0 Å². The summed E-state index contributed by atoms with van der Waals surface area (Å²) >= 11 is 0. The number of aromatic nitrogens is 3. The Kier molecular flexibility index (Phi) is 5.97. The van der Waals surface area contributed by atoms with Gasteiger partial charge >= 0.3 is 0 Å². The van der Waals surface area contributed by atoms with Crippen LogP contribution in [0.15, 0.2) is 42.6 Å². The first-order chi connectivity index (χ1) is 16.1. The summed E-state index contributed by atoms with van der Waals surface area (Å²) in [5.41, 5.74) is 3.76. The van der Waals surface area contributed by atoms with Gasteiger partial charge in [0.2, 0.25) is 5.95 Å². The highest BCUT2D eigenvalue weighted by Crippen LogP contribution is 2.40. The van der Waals surface area contributed by atoms with Crippen molar-refractivity contribution in [3.05, 3.63) is 48.2 Å². The maximum absolute atomic E-state index is 10.1. The van der Waals surface area contributed by atoms with E-state index in [9.17, 15) is 10.2 Å². The van der Waals surface area contributed by atoms with E-state index in [0.29, 0.717) is 25.0 Å². The first-order valence-electron chi connectivity index (χ1n) is 11.3. The fourth-order valence-electron chi connectivity index (χ4n) is 4.26. The predicted octanol–water partition coefficient (Wildman–Crippen LogP) is 2.57. The summed E-state index contributed by atoms with van der Waals surface area (Å²) in [4.78, 5) is 18.7. The normalized spacial score (nSPS) is 16.5. The summed E-state index contributed by atoms with van der Waals surface area (Å²) in [6.45, 7) is 5.47. The zero-order chi connectivity index (χ0) is 22.8. The molecule has 1 saturated heterocycles. The Labute approximate surface area is 192 Å². The number of phenolic OH excluding ortho intramolecular Hbond substituents is 1. The van der Waals surface area contributed by atoms with Gasteiger partial charge in [-0.1, -0.05) is 12.1 Å². The Balaban J connectivity index is 1.58. The molecule has 2 aliphatic heterocycles. The van der Waals surface area contributed by atoms with Crippen LogP contribution in [0, 0.1) is 0 Å². The van der Waals surface area contributed by atoms with Crippen LogP contribution in [-0.2, 0) is 11.2 Å². The number of morpholine rings is 1. The second kappa shape index (κ2) is 9.21. The van der Waals surface area contributed by atoms with E-state index < -0.39 is 0 Å². The largest absolute Gasteiger partial charge is 0.508 e. The van der Waals surface area contributed by atoms with E-state index in [2.05, 4.69) is 20.1 Å². The molecule has 3 aromatic rings. The van der Waals surface area contributed by atoms with Crippen LogP contribution in [0.1, 0.15) is 12.5 Å². The Morgan fingerprint density at radius 2 is 1.97 bits per heavy atom. The van der Waals surface area contributed by atoms with Crippen LogP contribution in [0.25, 0.3) is 11.3 Å². The van der Waals surface area contributed by atoms with E-state index in [1.807, 2.05) is 31.2 Å². The zero-order valence-electron chi connectivity index (χ0n) is 18.6. The number of pyridine rings is 1. The first kappa shape index (κ1) is 21.4. The molecule has 1 atom stereocenters. The number of benzene rings is 1. The van der Waals surface area contributed by atoms with Crippen molar-refractivity contribution in [2.45, 2.75) is 19.4 Å². The Morgan fingerprint density at radius 3 is 2.76 bits per heavy atom. The molecule has 9 nitrogen and oxygen atoms in total. The second-order valence-corrected chi connectivity index (χ2v) is 8.35. The minimum atomic E-state index is -0.0915. The van der Waals surface area contributed by atoms with Crippen molar-refractivity contribution in [2.75, 3.05) is 54.6 Å². The number of phenols is 1. The van der Waals surface area contributed by atoms with E-state index in [0.717, 1.165) is 54.4 Å². The Hall–Kier alpha value is -3.43. The van der Waals surface area contributed by atoms with Gasteiger partial charge in [0.25, 0.3) is 0 Å². The monoisotopic (exact) mass is 448 g/mol. The molecule has 1 aromatic carbocycles. The van der Waals surface area contributed by atoms with Crippen molar-refractivity contribution >= 4 is 23.3 Å². The highest BCUT2D eigenvalue weighted by atomic mass is 16.5. The number of hydrogen-bond acceptors (Lipinski definition) is 9. The lowest BCUT2D eigenvalue weighted by Crippen LogP contribution is -2.37. The third-order valence-electron chi connectivity index (χ3n) is 5.95. The van der Waals surface area contributed by atoms with Gasteiger partial charge in [0.15, 0.2) is 0 Å². The molecule has 5 rings (SSSR count). The number of hydrogen-bond donors (Lipinski definition) is 3. The molecule has 0 saturated carbocycles. The van der Waals surface area contributed by atoms with Gasteiger partial charge < -0.3 is 30.1 Å². The molecule has 0 amide bonds. The van der Waals surface area contributed by atoms with Crippen LogP contribution < -0.4 is 15.1 Å². The quantitative estimate of drug-likeness (QED) is 0.524. The molecule has 1 unspecified atom stereocenters. The van der Waals surface area contributed by atoms with Gasteiger partial charge in [-0.3, -0.25) is 0 Å². The van der Waals surface area contributed by atoms with E-state index >= 15 is 0 Å². The molecule has 3 N–H and O–H groups in total. The molecule has 172 valence electrons. The van der Waals surface area contributed by atoms with Crippen molar-refractivity contribution in [1.82, 2.24) is 15.0 Å².